The third-order valence-electron chi connectivity index (χ3n) is 6.18. The second-order valence-electron chi connectivity index (χ2n) is 8.35. The van der Waals surface area contributed by atoms with Crippen LogP contribution in [0.4, 0.5) is 0 Å². The van der Waals surface area contributed by atoms with Crippen LogP contribution in [0.25, 0.3) is 11.1 Å². The van der Waals surface area contributed by atoms with E-state index >= 15 is 0 Å². The number of aliphatic hydroxyl groups excluding tert-OH is 1. The van der Waals surface area contributed by atoms with Crippen molar-refractivity contribution in [3.05, 3.63) is 94.5 Å². The molecular weight excluding hydrogens is 454 g/mol. The molecule has 3 aromatic rings. The molecule has 0 fully saturated rings. The first-order valence-electron chi connectivity index (χ1n) is 11.1. The van der Waals surface area contributed by atoms with Gasteiger partial charge in [0.2, 0.25) is 0 Å². The number of aliphatic hydroxyl groups is 1. The van der Waals surface area contributed by atoms with Gasteiger partial charge in [0.25, 0.3) is 11.8 Å². The van der Waals surface area contributed by atoms with Gasteiger partial charge in [-0.05, 0) is 60.2 Å². The molecule has 6 nitrogen and oxygen atoms in total. The van der Waals surface area contributed by atoms with Crippen molar-refractivity contribution >= 4 is 29.4 Å². The van der Waals surface area contributed by atoms with Crippen LogP contribution in [-0.2, 0) is 11.2 Å². The zero-order valence-corrected chi connectivity index (χ0v) is 19.1. The maximum atomic E-state index is 12.5. The predicted octanol–water partition coefficient (Wildman–Crippen LogP) is 4.69. The van der Waals surface area contributed by atoms with Crippen molar-refractivity contribution in [3.8, 4) is 11.1 Å². The lowest BCUT2D eigenvalue weighted by atomic mass is 9.93. The molecule has 34 heavy (non-hydrogen) atoms. The highest BCUT2D eigenvalue weighted by Crippen LogP contribution is 2.25. The van der Waals surface area contributed by atoms with Crippen molar-refractivity contribution in [2.75, 3.05) is 6.54 Å². The fourth-order valence-electron chi connectivity index (χ4n) is 4.21. The SMILES string of the molecule is O=C(O)[C@@H](CCN1C(=O)c2ccccc2C1=O)[C@H](O)CCc1ccc(-c2ccc(Cl)cc2)cc1. The first-order chi connectivity index (χ1) is 16.3. The minimum absolute atomic E-state index is 0.0164. The van der Waals surface area contributed by atoms with Crippen molar-refractivity contribution < 1.29 is 24.6 Å². The highest BCUT2D eigenvalue weighted by atomic mass is 35.5. The molecule has 7 heteroatoms. The Kier molecular flexibility index (Phi) is 7.10. The molecule has 0 spiro atoms. The largest absolute Gasteiger partial charge is 0.481 e. The van der Waals surface area contributed by atoms with Crippen LogP contribution >= 0.6 is 11.6 Å². The molecule has 0 saturated heterocycles. The Labute approximate surface area is 202 Å². The summed E-state index contributed by atoms with van der Waals surface area (Å²) in [5, 5.41) is 20.9. The molecule has 0 unspecified atom stereocenters. The third kappa shape index (κ3) is 5.03. The summed E-state index contributed by atoms with van der Waals surface area (Å²) in [5.41, 5.74) is 3.69. The van der Waals surface area contributed by atoms with E-state index < -0.39 is 29.8 Å². The number of hydrogen-bond donors (Lipinski definition) is 2. The van der Waals surface area contributed by atoms with E-state index in [0.717, 1.165) is 21.6 Å². The quantitative estimate of drug-likeness (QED) is 0.436. The van der Waals surface area contributed by atoms with Crippen LogP contribution in [0.5, 0.6) is 0 Å². The Morgan fingerprint density at radius 3 is 1.88 bits per heavy atom. The Hall–Kier alpha value is -3.48. The zero-order valence-electron chi connectivity index (χ0n) is 18.4. The van der Waals surface area contributed by atoms with E-state index in [9.17, 15) is 24.6 Å². The first kappa shape index (κ1) is 23.7. The molecule has 0 bridgehead atoms. The maximum Gasteiger partial charge on any atom is 0.309 e. The number of halogens is 1. The van der Waals surface area contributed by atoms with Crippen molar-refractivity contribution in [1.29, 1.82) is 0 Å². The Balaban J connectivity index is 1.34. The third-order valence-corrected chi connectivity index (χ3v) is 6.44. The van der Waals surface area contributed by atoms with Crippen LogP contribution in [0.1, 0.15) is 39.1 Å². The summed E-state index contributed by atoms with van der Waals surface area (Å²) in [6, 6.07) is 21.9. The number of aryl methyl sites for hydroxylation is 1. The molecule has 1 aliphatic rings. The molecule has 0 aliphatic carbocycles. The minimum Gasteiger partial charge on any atom is -0.481 e. The van der Waals surface area contributed by atoms with Crippen LogP contribution in [0.15, 0.2) is 72.8 Å². The van der Waals surface area contributed by atoms with Crippen molar-refractivity contribution in [2.45, 2.75) is 25.4 Å². The number of aliphatic carboxylic acids is 1. The second kappa shape index (κ2) is 10.2. The summed E-state index contributed by atoms with van der Waals surface area (Å²) in [5.74, 6) is -3.10. The second-order valence-corrected chi connectivity index (χ2v) is 8.79. The van der Waals surface area contributed by atoms with Gasteiger partial charge in [-0.15, -0.1) is 0 Å². The highest BCUT2D eigenvalue weighted by Gasteiger charge is 2.36. The summed E-state index contributed by atoms with van der Waals surface area (Å²) in [4.78, 5) is 37.9. The number of fused-ring (bicyclic) bond motifs is 1. The number of carboxylic acid groups (broad SMARTS) is 1. The molecular formula is C27H24ClNO5. The maximum absolute atomic E-state index is 12.5. The fraction of sp³-hybridized carbons (Fsp3) is 0.222. The molecule has 1 heterocycles. The van der Waals surface area contributed by atoms with E-state index in [1.54, 1.807) is 24.3 Å². The van der Waals surface area contributed by atoms with Gasteiger partial charge in [-0.25, -0.2) is 0 Å². The molecule has 174 valence electrons. The average molecular weight is 478 g/mol. The van der Waals surface area contributed by atoms with Crippen molar-refractivity contribution in [2.24, 2.45) is 5.92 Å². The number of nitrogens with zero attached hydrogens (tertiary/aromatic N) is 1. The molecule has 0 saturated carbocycles. The molecule has 4 rings (SSSR count). The number of carboxylic acids is 1. The predicted molar refractivity (Wildman–Crippen MR) is 129 cm³/mol. The van der Waals surface area contributed by atoms with E-state index in [0.29, 0.717) is 22.6 Å². The minimum atomic E-state index is -1.15. The molecule has 0 radical (unpaired) electrons. The van der Waals surface area contributed by atoms with E-state index in [2.05, 4.69) is 0 Å². The molecule has 2 N–H and O–H groups in total. The number of carbonyl (C=O) groups excluding carboxylic acids is 2. The van der Waals surface area contributed by atoms with Crippen LogP contribution in [-0.4, -0.2) is 45.5 Å². The van der Waals surface area contributed by atoms with Gasteiger partial charge in [-0.3, -0.25) is 19.3 Å². The lowest BCUT2D eigenvalue weighted by Gasteiger charge is -2.22. The van der Waals surface area contributed by atoms with Gasteiger partial charge in [0.05, 0.1) is 23.1 Å². The number of hydrogen-bond acceptors (Lipinski definition) is 4. The fourth-order valence-corrected chi connectivity index (χ4v) is 4.34. The van der Waals surface area contributed by atoms with Gasteiger partial charge in [-0.1, -0.05) is 60.1 Å². The lowest BCUT2D eigenvalue weighted by molar-refractivity contribution is -0.146. The summed E-state index contributed by atoms with van der Waals surface area (Å²) in [7, 11) is 0. The Morgan fingerprint density at radius 2 is 1.35 bits per heavy atom. The standard InChI is InChI=1S/C27H24ClNO5/c28-20-12-10-19(11-13-20)18-8-5-17(6-9-18)7-14-24(30)23(27(33)34)15-16-29-25(31)21-3-1-2-4-22(21)26(29)32/h1-6,8-13,23-24,30H,7,14-16H2,(H,33,34)/t23-,24+/m0/s1. The van der Waals surface area contributed by atoms with Crippen LogP contribution in [0.3, 0.4) is 0 Å². The smallest absolute Gasteiger partial charge is 0.309 e. The van der Waals surface area contributed by atoms with Crippen LogP contribution in [0, 0.1) is 5.92 Å². The van der Waals surface area contributed by atoms with Gasteiger partial charge in [-0.2, -0.15) is 0 Å². The topological polar surface area (TPSA) is 94.9 Å². The summed E-state index contributed by atoms with van der Waals surface area (Å²) < 4.78 is 0. The van der Waals surface area contributed by atoms with Crippen LogP contribution in [0.2, 0.25) is 5.02 Å². The Bertz CT molecular complexity index is 1170. The number of amides is 2. The average Bonchev–Trinajstić information content (AvgIpc) is 3.08. The molecule has 0 aromatic heterocycles. The van der Waals surface area contributed by atoms with E-state index in [1.807, 2.05) is 48.5 Å². The molecule has 1 aliphatic heterocycles. The zero-order chi connectivity index (χ0) is 24.2. The summed E-state index contributed by atoms with van der Waals surface area (Å²) in [6.07, 6.45) is -0.376. The monoisotopic (exact) mass is 477 g/mol. The van der Waals surface area contributed by atoms with Gasteiger partial charge in [0.1, 0.15) is 0 Å². The first-order valence-corrected chi connectivity index (χ1v) is 11.4. The number of carbonyl (C=O) groups is 3. The van der Waals surface area contributed by atoms with E-state index in [4.69, 9.17) is 11.6 Å². The molecule has 2 amide bonds. The van der Waals surface area contributed by atoms with Crippen molar-refractivity contribution in [3.63, 3.8) is 0 Å². The number of rotatable bonds is 9. The highest BCUT2D eigenvalue weighted by molar-refractivity contribution is 6.30. The summed E-state index contributed by atoms with van der Waals surface area (Å²) >= 11 is 5.94. The van der Waals surface area contributed by atoms with Gasteiger partial charge >= 0.3 is 5.97 Å². The number of benzene rings is 3. The van der Waals surface area contributed by atoms with Crippen LogP contribution < -0.4 is 0 Å². The van der Waals surface area contributed by atoms with E-state index in [1.165, 1.54) is 0 Å². The van der Waals surface area contributed by atoms with Crippen molar-refractivity contribution in [1.82, 2.24) is 4.90 Å². The normalized spacial score (nSPS) is 14.7. The van der Waals surface area contributed by atoms with Gasteiger partial charge in [0.15, 0.2) is 0 Å². The van der Waals surface area contributed by atoms with E-state index in [-0.39, 0.29) is 19.4 Å². The lowest BCUT2D eigenvalue weighted by Crippen LogP contribution is -2.36. The molecule has 2 atom stereocenters. The Morgan fingerprint density at radius 1 is 0.824 bits per heavy atom. The summed E-state index contributed by atoms with van der Waals surface area (Å²) in [6.45, 7) is -0.0594. The van der Waals surface area contributed by atoms with Gasteiger partial charge in [0, 0.05) is 11.6 Å². The molecule has 3 aromatic carbocycles. The van der Waals surface area contributed by atoms with Gasteiger partial charge < -0.3 is 10.2 Å². The number of imide groups is 1.